The Bertz CT molecular complexity index is 780. The van der Waals surface area contributed by atoms with E-state index in [-0.39, 0.29) is 35.5 Å². The number of amides is 1. The Morgan fingerprint density at radius 3 is 2.57 bits per heavy atom. The minimum Gasteiger partial charge on any atom is -0.435 e. The molecule has 0 radical (unpaired) electrons. The quantitative estimate of drug-likeness (QED) is 0.733. The molecule has 28 heavy (non-hydrogen) atoms. The summed E-state index contributed by atoms with van der Waals surface area (Å²) in [6.45, 7) is -0.294. The normalized spacial score (nSPS) is 19.9. The fourth-order valence-corrected chi connectivity index (χ4v) is 4.74. The molecule has 1 saturated carbocycles. The molecule has 8 heteroatoms. The lowest BCUT2D eigenvalue weighted by atomic mass is 9.93. The van der Waals surface area contributed by atoms with Gasteiger partial charge in [0.2, 0.25) is 0 Å². The van der Waals surface area contributed by atoms with E-state index in [2.05, 4.69) is 15.4 Å². The van der Waals surface area contributed by atoms with Crippen LogP contribution in [-0.4, -0.2) is 36.5 Å². The zero-order valence-electron chi connectivity index (χ0n) is 15.3. The number of nitrogens with one attached hydrogen (secondary N) is 1. The molecule has 1 aliphatic heterocycles. The van der Waals surface area contributed by atoms with E-state index in [1.165, 1.54) is 12.1 Å². The van der Waals surface area contributed by atoms with Crippen molar-refractivity contribution in [2.45, 2.75) is 38.5 Å². The molecule has 2 aromatic rings. The van der Waals surface area contributed by atoms with E-state index in [0.29, 0.717) is 12.1 Å². The lowest BCUT2D eigenvalue weighted by molar-refractivity contribution is -0.0498. The predicted octanol–water partition coefficient (Wildman–Crippen LogP) is 4.56. The van der Waals surface area contributed by atoms with E-state index in [0.717, 1.165) is 37.9 Å². The molecule has 0 bridgehead atoms. The number of carbonyl (C=O) groups is 1. The van der Waals surface area contributed by atoms with Crippen molar-refractivity contribution in [3.63, 3.8) is 0 Å². The predicted molar refractivity (Wildman–Crippen MR) is 107 cm³/mol. The summed E-state index contributed by atoms with van der Waals surface area (Å²) >= 11 is 1.62. The molecule has 4 rings (SSSR count). The Morgan fingerprint density at radius 2 is 1.96 bits per heavy atom. The van der Waals surface area contributed by atoms with E-state index in [1.54, 1.807) is 23.5 Å². The van der Waals surface area contributed by atoms with Gasteiger partial charge in [-0.25, -0.2) is 0 Å². The number of halogens is 3. The van der Waals surface area contributed by atoms with Gasteiger partial charge in [0.05, 0.1) is 0 Å². The van der Waals surface area contributed by atoms with Gasteiger partial charge >= 0.3 is 6.61 Å². The van der Waals surface area contributed by atoms with Crippen LogP contribution in [0.1, 0.15) is 35.2 Å². The molecule has 2 fully saturated rings. The highest BCUT2D eigenvalue weighted by Crippen LogP contribution is 2.56. The van der Waals surface area contributed by atoms with E-state index < -0.39 is 6.61 Å². The maximum atomic E-state index is 13.2. The standard InChI is InChI=1S/C20H22F2N2O2S.ClH/c21-19(22)26-16-3-1-15(2-4-16)18(25)24(12-14-5-10-27-13-14)17-11-20(17)6-8-23-9-7-20;/h1-5,10,13,17,19,23H,6-9,11-12H2;1H. The van der Waals surface area contributed by atoms with Crippen LogP contribution in [-0.2, 0) is 6.54 Å². The van der Waals surface area contributed by atoms with Gasteiger partial charge in [0.1, 0.15) is 5.75 Å². The maximum Gasteiger partial charge on any atom is 0.387 e. The Kier molecular flexibility index (Phi) is 6.58. The number of carbonyl (C=O) groups excluding carboxylic acids is 1. The van der Waals surface area contributed by atoms with Gasteiger partial charge in [-0.3, -0.25) is 4.79 Å². The Labute approximate surface area is 173 Å². The van der Waals surface area contributed by atoms with Crippen LogP contribution in [0.25, 0.3) is 0 Å². The average Bonchev–Trinajstić information content (AvgIpc) is 3.09. The number of piperidine rings is 1. The molecule has 1 spiro atoms. The summed E-state index contributed by atoms with van der Waals surface area (Å²) in [6.07, 6.45) is 3.22. The highest BCUT2D eigenvalue weighted by molar-refractivity contribution is 7.07. The Balaban J connectivity index is 0.00000225. The number of benzene rings is 1. The summed E-state index contributed by atoms with van der Waals surface area (Å²) in [5, 5.41) is 7.47. The average molecular weight is 429 g/mol. The van der Waals surface area contributed by atoms with Crippen molar-refractivity contribution in [2.24, 2.45) is 5.41 Å². The summed E-state index contributed by atoms with van der Waals surface area (Å²) in [4.78, 5) is 15.2. The van der Waals surface area contributed by atoms with E-state index in [1.807, 2.05) is 16.3 Å². The number of nitrogens with zero attached hydrogens (tertiary/aromatic N) is 1. The number of hydrogen-bond acceptors (Lipinski definition) is 4. The zero-order chi connectivity index (χ0) is 18.9. The number of thiophene rings is 1. The molecule has 1 amide bonds. The number of alkyl halides is 2. The van der Waals surface area contributed by atoms with Crippen molar-refractivity contribution < 1.29 is 18.3 Å². The van der Waals surface area contributed by atoms with Gasteiger partial charge in [0.15, 0.2) is 0 Å². The highest BCUT2D eigenvalue weighted by Gasteiger charge is 2.57. The molecule has 1 aromatic heterocycles. The SMILES string of the molecule is Cl.O=C(c1ccc(OC(F)F)cc1)N(Cc1ccsc1)C1CC12CCNCC2. The third kappa shape index (κ3) is 4.47. The molecule has 2 aliphatic rings. The molecule has 1 aromatic carbocycles. The van der Waals surface area contributed by atoms with Crippen LogP contribution < -0.4 is 10.1 Å². The number of hydrogen-bond donors (Lipinski definition) is 1. The molecule has 152 valence electrons. The second-order valence-corrected chi connectivity index (χ2v) is 8.08. The lowest BCUT2D eigenvalue weighted by Gasteiger charge is -2.29. The van der Waals surface area contributed by atoms with Gasteiger partial charge in [-0.1, -0.05) is 0 Å². The number of ether oxygens (including phenoxy) is 1. The lowest BCUT2D eigenvalue weighted by Crippen LogP contribution is -2.39. The molecular weight excluding hydrogens is 406 g/mol. The van der Waals surface area contributed by atoms with Crippen LogP contribution >= 0.6 is 23.7 Å². The summed E-state index contributed by atoms with van der Waals surface area (Å²) in [5.74, 6) is 0.0115. The fourth-order valence-electron chi connectivity index (χ4n) is 4.08. The first-order valence-corrected chi connectivity index (χ1v) is 10.1. The molecule has 1 saturated heterocycles. The van der Waals surface area contributed by atoms with Crippen LogP contribution in [0.4, 0.5) is 8.78 Å². The second-order valence-electron chi connectivity index (χ2n) is 7.30. The van der Waals surface area contributed by atoms with E-state index in [9.17, 15) is 13.6 Å². The Morgan fingerprint density at radius 1 is 1.25 bits per heavy atom. The van der Waals surface area contributed by atoms with Crippen LogP contribution in [0.3, 0.4) is 0 Å². The molecule has 1 N–H and O–H groups in total. The van der Waals surface area contributed by atoms with Gasteiger partial charge in [0, 0.05) is 18.2 Å². The monoisotopic (exact) mass is 428 g/mol. The van der Waals surface area contributed by atoms with Crippen LogP contribution in [0.15, 0.2) is 41.1 Å². The number of rotatable bonds is 6. The molecule has 1 aliphatic carbocycles. The first-order valence-electron chi connectivity index (χ1n) is 9.15. The highest BCUT2D eigenvalue weighted by atomic mass is 35.5. The van der Waals surface area contributed by atoms with Crippen LogP contribution in [0, 0.1) is 5.41 Å². The summed E-state index contributed by atoms with van der Waals surface area (Å²) < 4.78 is 29.0. The van der Waals surface area contributed by atoms with Crippen molar-refractivity contribution in [3.05, 3.63) is 52.2 Å². The summed E-state index contributed by atoms with van der Waals surface area (Å²) in [7, 11) is 0. The smallest absolute Gasteiger partial charge is 0.387 e. The molecule has 1 atom stereocenters. The van der Waals surface area contributed by atoms with Gasteiger partial charge in [0.25, 0.3) is 5.91 Å². The maximum absolute atomic E-state index is 13.2. The summed E-state index contributed by atoms with van der Waals surface area (Å²) in [5.41, 5.74) is 1.86. The van der Waals surface area contributed by atoms with Crippen molar-refractivity contribution in [1.29, 1.82) is 0 Å². The first kappa shape index (κ1) is 21.0. The van der Waals surface area contributed by atoms with Crippen molar-refractivity contribution in [1.82, 2.24) is 10.2 Å². The van der Waals surface area contributed by atoms with Crippen molar-refractivity contribution in [3.8, 4) is 5.75 Å². The third-order valence-corrected chi connectivity index (χ3v) is 6.37. The van der Waals surface area contributed by atoms with Gasteiger partial charge < -0.3 is 15.0 Å². The molecule has 1 unspecified atom stereocenters. The van der Waals surface area contributed by atoms with Crippen LogP contribution in [0.5, 0.6) is 5.75 Å². The van der Waals surface area contributed by atoms with Crippen molar-refractivity contribution in [2.75, 3.05) is 13.1 Å². The third-order valence-electron chi connectivity index (χ3n) is 5.64. The largest absolute Gasteiger partial charge is 0.435 e. The van der Waals surface area contributed by atoms with Gasteiger partial charge in [-0.05, 0) is 84.4 Å². The van der Waals surface area contributed by atoms with Crippen molar-refractivity contribution >= 4 is 29.7 Å². The molecule has 4 nitrogen and oxygen atoms in total. The van der Waals surface area contributed by atoms with Gasteiger partial charge in [-0.2, -0.15) is 20.1 Å². The van der Waals surface area contributed by atoms with Gasteiger partial charge in [-0.15, -0.1) is 12.4 Å². The van der Waals surface area contributed by atoms with Crippen LogP contribution in [0.2, 0.25) is 0 Å². The summed E-state index contributed by atoms with van der Waals surface area (Å²) in [6, 6.07) is 8.27. The minimum absolute atomic E-state index is 0. The molecule has 2 heterocycles. The van der Waals surface area contributed by atoms with E-state index >= 15 is 0 Å². The fraction of sp³-hybridized carbons (Fsp3) is 0.450. The Hall–Kier alpha value is -1.70. The minimum atomic E-state index is -2.87. The topological polar surface area (TPSA) is 41.6 Å². The second kappa shape index (κ2) is 8.76. The van der Waals surface area contributed by atoms with E-state index in [4.69, 9.17) is 0 Å². The zero-order valence-corrected chi connectivity index (χ0v) is 16.9. The first-order chi connectivity index (χ1) is 13.1. The molecular formula is C20H23ClF2N2O2S.